The van der Waals surface area contributed by atoms with E-state index in [1.807, 2.05) is 19.1 Å². The molecular formula is C14H16NNaO3S. The van der Waals surface area contributed by atoms with Gasteiger partial charge in [-0.1, -0.05) is 43.7 Å². The van der Waals surface area contributed by atoms with Crippen LogP contribution in [0.1, 0.15) is 19.8 Å². The number of anilines is 1. The second kappa shape index (κ2) is 7.43. The third-order valence-corrected chi connectivity index (χ3v) is 3.92. The molecule has 0 saturated heterocycles. The first kappa shape index (κ1) is 17.5. The second-order valence-electron chi connectivity index (χ2n) is 4.40. The van der Waals surface area contributed by atoms with Crippen LogP contribution < -0.4 is 34.9 Å². The van der Waals surface area contributed by atoms with Crippen LogP contribution in [0.4, 0.5) is 5.69 Å². The van der Waals surface area contributed by atoms with Gasteiger partial charge in [-0.05, 0) is 17.9 Å². The van der Waals surface area contributed by atoms with Crippen molar-refractivity contribution in [2.45, 2.75) is 24.7 Å². The molecule has 102 valence electrons. The Hall–Kier alpha value is -0.590. The van der Waals surface area contributed by atoms with Gasteiger partial charge < -0.3 is 9.87 Å². The Balaban J connectivity index is 0.00000200. The van der Waals surface area contributed by atoms with Crippen LogP contribution in [-0.4, -0.2) is 19.5 Å². The molecule has 20 heavy (non-hydrogen) atoms. The van der Waals surface area contributed by atoms with Gasteiger partial charge in [0.2, 0.25) is 0 Å². The fourth-order valence-corrected chi connectivity index (χ4v) is 2.92. The van der Waals surface area contributed by atoms with Gasteiger partial charge in [-0.25, -0.2) is 8.42 Å². The first-order valence-electron chi connectivity index (χ1n) is 6.25. The van der Waals surface area contributed by atoms with Crippen molar-refractivity contribution in [3.63, 3.8) is 0 Å². The maximum absolute atomic E-state index is 11.5. The molecule has 0 amide bonds. The maximum Gasteiger partial charge on any atom is 1.00 e. The van der Waals surface area contributed by atoms with Gasteiger partial charge in [0.25, 0.3) is 0 Å². The summed E-state index contributed by atoms with van der Waals surface area (Å²) < 4.78 is 34.5. The SMILES string of the molecule is CCCCNc1ccc2ccccc2c1S(=O)(=O)[O-].[Na+]. The topological polar surface area (TPSA) is 69.2 Å². The van der Waals surface area contributed by atoms with Crippen LogP contribution in [0.25, 0.3) is 10.8 Å². The number of benzene rings is 2. The first-order valence-corrected chi connectivity index (χ1v) is 7.66. The van der Waals surface area contributed by atoms with Gasteiger partial charge in [0.1, 0.15) is 10.1 Å². The average molecular weight is 301 g/mol. The average Bonchev–Trinajstić information content (AvgIpc) is 2.37. The van der Waals surface area contributed by atoms with Crippen molar-refractivity contribution in [1.29, 1.82) is 0 Å². The van der Waals surface area contributed by atoms with Crippen LogP contribution in [0.15, 0.2) is 41.3 Å². The third kappa shape index (κ3) is 3.96. The Morgan fingerprint density at radius 2 is 1.85 bits per heavy atom. The minimum absolute atomic E-state index is 0. The largest absolute Gasteiger partial charge is 1.00 e. The van der Waals surface area contributed by atoms with E-state index in [1.165, 1.54) is 0 Å². The smallest absolute Gasteiger partial charge is 0.744 e. The third-order valence-electron chi connectivity index (χ3n) is 2.98. The molecule has 2 aromatic rings. The Morgan fingerprint density at radius 1 is 1.15 bits per heavy atom. The number of hydrogen-bond acceptors (Lipinski definition) is 4. The van der Waals surface area contributed by atoms with Crippen LogP contribution >= 0.6 is 0 Å². The van der Waals surface area contributed by atoms with Gasteiger partial charge in [-0.15, -0.1) is 0 Å². The van der Waals surface area contributed by atoms with Crippen molar-refractivity contribution < 1.29 is 42.5 Å². The molecule has 0 aliphatic carbocycles. The van der Waals surface area contributed by atoms with Gasteiger partial charge in [0, 0.05) is 11.9 Å². The molecule has 0 atom stereocenters. The Bertz CT molecular complexity index is 686. The van der Waals surface area contributed by atoms with Crippen molar-refractivity contribution in [3.8, 4) is 0 Å². The van der Waals surface area contributed by atoms with Crippen LogP contribution in [0.5, 0.6) is 0 Å². The number of rotatable bonds is 5. The molecule has 0 unspecified atom stereocenters. The van der Waals surface area contributed by atoms with Crippen molar-refractivity contribution in [2.24, 2.45) is 0 Å². The molecule has 0 bridgehead atoms. The molecule has 1 N–H and O–H groups in total. The standard InChI is InChI=1S/C14H17NO3S.Na/c1-2-3-10-15-13-9-8-11-6-4-5-7-12(11)14(13)19(16,17)18;/h4-9,15H,2-3,10H2,1H3,(H,16,17,18);/q;+1/p-1. The van der Waals surface area contributed by atoms with E-state index in [2.05, 4.69) is 5.32 Å². The van der Waals surface area contributed by atoms with Gasteiger partial charge in [-0.3, -0.25) is 0 Å². The summed E-state index contributed by atoms with van der Waals surface area (Å²) in [6.45, 7) is 2.70. The summed E-state index contributed by atoms with van der Waals surface area (Å²) in [6.07, 6.45) is 1.92. The molecule has 0 aliphatic rings. The fraction of sp³-hybridized carbons (Fsp3) is 0.286. The van der Waals surface area contributed by atoms with E-state index in [-0.39, 0.29) is 34.5 Å². The molecule has 0 heterocycles. The second-order valence-corrected chi connectivity index (χ2v) is 5.71. The number of hydrogen-bond donors (Lipinski definition) is 1. The van der Waals surface area contributed by atoms with E-state index >= 15 is 0 Å². The molecule has 0 aromatic heterocycles. The zero-order chi connectivity index (χ0) is 13.9. The van der Waals surface area contributed by atoms with Crippen LogP contribution in [0.3, 0.4) is 0 Å². The number of fused-ring (bicyclic) bond motifs is 1. The van der Waals surface area contributed by atoms with Gasteiger partial charge in [-0.2, -0.15) is 0 Å². The molecule has 0 spiro atoms. The molecule has 4 nitrogen and oxygen atoms in total. The molecule has 2 rings (SSSR count). The minimum atomic E-state index is -4.51. The number of nitrogens with one attached hydrogen (secondary N) is 1. The van der Waals surface area contributed by atoms with Crippen molar-refractivity contribution in [1.82, 2.24) is 0 Å². The summed E-state index contributed by atoms with van der Waals surface area (Å²) in [5.41, 5.74) is 0.391. The predicted molar refractivity (Wildman–Crippen MR) is 75.3 cm³/mol. The zero-order valence-electron chi connectivity index (χ0n) is 11.7. The van der Waals surface area contributed by atoms with Crippen LogP contribution in [-0.2, 0) is 10.1 Å². The summed E-state index contributed by atoms with van der Waals surface area (Å²) in [7, 11) is -4.51. The van der Waals surface area contributed by atoms with E-state index in [9.17, 15) is 13.0 Å². The molecule has 2 aromatic carbocycles. The van der Waals surface area contributed by atoms with Gasteiger partial charge >= 0.3 is 29.6 Å². The molecule has 0 fully saturated rings. The zero-order valence-corrected chi connectivity index (χ0v) is 14.5. The summed E-state index contributed by atoms with van der Waals surface area (Å²) >= 11 is 0. The van der Waals surface area contributed by atoms with E-state index in [4.69, 9.17) is 0 Å². The fourth-order valence-electron chi connectivity index (χ4n) is 2.05. The van der Waals surface area contributed by atoms with Gasteiger partial charge in [0.05, 0.1) is 10.6 Å². The Morgan fingerprint density at radius 3 is 2.50 bits per heavy atom. The summed E-state index contributed by atoms with van der Waals surface area (Å²) in [4.78, 5) is -0.151. The minimum Gasteiger partial charge on any atom is -0.744 e. The molecule has 0 saturated carbocycles. The Labute approximate surface area is 141 Å². The first-order chi connectivity index (χ1) is 9.04. The molecule has 6 heteroatoms. The van der Waals surface area contributed by atoms with Crippen molar-refractivity contribution in [2.75, 3.05) is 11.9 Å². The monoisotopic (exact) mass is 301 g/mol. The van der Waals surface area contributed by atoms with Crippen molar-refractivity contribution >= 4 is 26.6 Å². The maximum atomic E-state index is 11.5. The van der Waals surface area contributed by atoms with Gasteiger partial charge in [0.15, 0.2) is 0 Å². The predicted octanol–water partition coefficient (Wildman–Crippen LogP) is -0.0401. The number of unbranched alkanes of at least 4 members (excludes halogenated alkanes) is 1. The summed E-state index contributed by atoms with van der Waals surface area (Å²) in [6, 6.07) is 10.5. The molecule has 0 aliphatic heterocycles. The molecule has 0 radical (unpaired) electrons. The van der Waals surface area contributed by atoms with Crippen LogP contribution in [0.2, 0.25) is 0 Å². The van der Waals surface area contributed by atoms with E-state index in [0.29, 0.717) is 17.6 Å². The van der Waals surface area contributed by atoms with E-state index in [0.717, 1.165) is 18.2 Å². The van der Waals surface area contributed by atoms with Crippen LogP contribution in [0, 0.1) is 0 Å². The normalized spacial score (nSPS) is 11.1. The molecular weight excluding hydrogens is 285 g/mol. The van der Waals surface area contributed by atoms with Crippen molar-refractivity contribution in [3.05, 3.63) is 36.4 Å². The van der Waals surface area contributed by atoms with E-state index in [1.54, 1.807) is 24.3 Å². The summed E-state index contributed by atoms with van der Waals surface area (Å²) in [5, 5.41) is 4.25. The quantitative estimate of drug-likeness (QED) is 0.478. The summed E-state index contributed by atoms with van der Waals surface area (Å²) in [5.74, 6) is 0. The Kier molecular flexibility index (Phi) is 6.48. The van der Waals surface area contributed by atoms with E-state index < -0.39 is 10.1 Å².